The van der Waals surface area contributed by atoms with Crippen LogP contribution in [0.2, 0.25) is 0 Å². The third-order valence-electron chi connectivity index (χ3n) is 3.53. The molecule has 0 radical (unpaired) electrons. The zero-order valence-corrected chi connectivity index (χ0v) is 13.5. The van der Waals surface area contributed by atoms with E-state index in [0.29, 0.717) is 6.54 Å². The molecule has 3 N–H and O–H groups in total. The fraction of sp³-hybridized carbons (Fsp3) is 0.125. The molecule has 4 nitrogen and oxygen atoms in total. The second-order valence-corrected chi connectivity index (χ2v) is 6.17. The van der Waals surface area contributed by atoms with Gasteiger partial charge in [0.1, 0.15) is 0 Å². The predicted octanol–water partition coefficient (Wildman–Crippen LogP) is 2.99. The van der Waals surface area contributed by atoms with Gasteiger partial charge in [-0.25, -0.2) is 5.01 Å². The Hall–Kier alpha value is -1.89. The van der Waals surface area contributed by atoms with Gasteiger partial charge in [-0.2, -0.15) is 5.10 Å². The molecule has 1 unspecified atom stereocenters. The highest BCUT2D eigenvalue weighted by atomic mass is 127. The van der Waals surface area contributed by atoms with Crippen LogP contribution in [0.4, 0.5) is 0 Å². The summed E-state index contributed by atoms with van der Waals surface area (Å²) in [5.74, 6) is 0.117. The maximum absolute atomic E-state index is 7.63. The quantitative estimate of drug-likeness (QED) is 0.471. The molecule has 1 aliphatic rings. The van der Waals surface area contributed by atoms with Gasteiger partial charge < -0.3 is 5.73 Å². The topological polar surface area (TPSA) is 65.5 Å². The van der Waals surface area contributed by atoms with Crippen LogP contribution in [-0.4, -0.2) is 23.2 Å². The molecule has 1 atom stereocenters. The minimum atomic E-state index is -0.0172. The number of rotatable bonds is 2. The summed E-state index contributed by atoms with van der Waals surface area (Å²) in [7, 11) is 0. The van der Waals surface area contributed by atoms with Gasteiger partial charge in [-0.05, 0) is 45.9 Å². The fourth-order valence-corrected chi connectivity index (χ4v) is 2.84. The highest BCUT2D eigenvalue weighted by molar-refractivity contribution is 14.1. The molecule has 0 spiro atoms. The molecule has 0 aliphatic carbocycles. The van der Waals surface area contributed by atoms with Crippen LogP contribution in [0.25, 0.3) is 0 Å². The number of hydrogen-bond acceptors (Lipinski definition) is 2. The summed E-state index contributed by atoms with van der Waals surface area (Å²) in [6, 6.07) is 18.5. The molecule has 5 heteroatoms. The van der Waals surface area contributed by atoms with E-state index >= 15 is 0 Å². The van der Waals surface area contributed by atoms with Crippen LogP contribution in [0, 0.1) is 8.98 Å². The van der Waals surface area contributed by atoms with E-state index in [9.17, 15) is 0 Å². The van der Waals surface area contributed by atoms with Crippen LogP contribution in [0.3, 0.4) is 0 Å². The van der Waals surface area contributed by atoms with Gasteiger partial charge in [-0.15, -0.1) is 0 Å². The summed E-state index contributed by atoms with van der Waals surface area (Å²) >= 11 is 2.29. The molecule has 1 heterocycles. The standard InChI is InChI=1S/C16H15IN4/c17-13-8-6-12(7-9-13)15-14(10-21(20-15)16(18)19)11-4-2-1-3-5-11/h1-9,14H,10H2,(H3,18,19). The highest BCUT2D eigenvalue weighted by Crippen LogP contribution is 2.28. The Labute approximate surface area is 137 Å². The first kappa shape index (κ1) is 14.1. The second-order valence-electron chi connectivity index (χ2n) is 4.92. The monoisotopic (exact) mass is 390 g/mol. The van der Waals surface area contributed by atoms with Gasteiger partial charge in [0.2, 0.25) is 5.96 Å². The number of nitrogens with one attached hydrogen (secondary N) is 1. The predicted molar refractivity (Wildman–Crippen MR) is 93.5 cm³/mol. The van der Waals surface area contributed by atoms with Crippen molar-refractivity contribution in [2.75, 3.05) is 6.54 Å². The van der Waals surface area contributed by atoms with Crippen LogP contribution < -0.4 is 5.73 Å². The smallest absolute Gasteiger partial charge is 0.209 e. The zero-order valence-electron chi connectivity index (χ0n) is 11.3. The van der Waals surface area contributed by atoms with Gasteiger partial charge in [0.25, 0.3) is 0 Å². The van der Waals surface area contributed by atoms with Crippen molar-refractivity contribution < 1.29 is 0 Å². The molecule has 2 aromatic rings. The van der Waals surface area contributed by atoms with Gasteiger partial charge >= 0.3 is 0 Å². The molecule has 0 bridgehead atoms. The summed E-state index contributed by atoms with van der Waals surface area (Å²) in [6.45, 7) is 0.612. The van der Waals surface area contributed by atoms with Crippen LogP contribution in [0.1, 0.15) is 17.0 Å². The van der Waals surface area contributed by atoms with Gasteiger partial charge in [0, 0.05) is 9.49 Å². The van der Waals surface area contributed by atoms with Crippen LogP contribution in [-0.2, 0) is 0 Å². The number of nitrogens with two attached hydrogens (primary N) is 1. The van der Waals surface area contributed by atoms with E-state index in [0.717, 1.165) is 11.3 Å². The Balaban J connectivity index is 2.01. The van der Waals surface area contributed by atoms with Crippen molar-refractivity contribution >= 4 is 34.3 Å². The lowest BCUT2D eigenvalue weighted by Crippen LogP contribution is -2.31. The number of nitrogens with zero attached hydrogens (tertiary/aromatic N) is 2. The van der Waals surface area contributed by atoms with E-state index in [1.807, 2.05) is 18.2 Å². The Morgan fingerprint density at radius 2 is 1.81 bits per heavy atom. The van der Waals surface area contributed by atoms with Crippen LogP contribution >= 0.6 is 22.6 Å². The molecule has 0 saturated heterocycles. The summed E-state index contributed by atoms with van der Waals surface area (Å²) < 4.78 is 1.19. The second kappa shape index (κ2) is 5.85. The molecule has 106 valence electrons. The summed E-state index contributed by atoms with van der Waals surface area (Å²) in [4.78, 5) is 0. The molecule has 3 rings (SSSR count). The van der Waals surface area contributed by atoms with Crippen molar-refractivity contribution in [1.82, 2.24) is 5.01 Å². The lowest BCUT2D eigenvalue weighted by Gasteiger charge is -2.14. The molecule has 0 amide bonds. The molecule has 0 saturated carbocycles. The lowest BCUT2D eigenvalue weighted by atomic mass is 9.91. The molecular weight excluding hydrogens is 375 g/mol. The third-order valence-corrected chi connectivity index (χ3v) is 4.25. The molecule has 0 fully saturated rings. The van der Waals surface area contributed by atoms with Crippen LogP contribution in [0.5, 0.6) is 0 Å². The van der Waals surface area contributed by atoms with Gasteiger partial charge in [-0.3, -0.25) is 5.41 Å². The minimum absolute atomic E-state index is 0.0172. The number of hydrazone groups is 1. The number of halogens is 1. The molecule has 1 aliphatic heterocycles. The Morgan fingerprint density at radius 3 is 2.43 bits per heavy atom. The maximum atomic E-state index is 7.63. The molecule has 21 heavy (non-hydrogen) atoms. The van der Waals surface area contributed by atoms with E-state index in [2.05, 4.69) is 64.1 Å². The zero-order chi connectivity index (χ0) is 14.8. The first-order valence-corrected chi connectivity index (χ1v) is 7.74. The van der Waals surface area contributed by atoms with E-state index in [4.69, 9.17) is 11.1 Å². The Kier molecular flexibility index (Phi) is 3.92. The van der Waals surface area contributed by atoms with Gasteiger partial charge in [-0.1, -0.05) is 42.5 Å². The van der Waals surface area contributed by atoms with Gasteiger partial charge in [0.15, 0.2) is 0 Å². The molecule has 0 aromatic heterocycles. The highest BCUT2D eigenvalue weighted by Gasteiger charge is 2.30. The number of benzene rings is 2. The van der Waals surface area contributed by atoms with Crippen molar-refractivity contribution in [3.63, 3.8) is 0 Å². The van der Waals surface area contributed by atoms with Gasteiger partial charge in [0.05, 0.1) is 12.3 Å². The normalized spacial score (nSPS) is 17.7. The number of hydrogen-bond donors (Lipinski definition) is 2. The van der Waals surface area contributed by atoms with Crippen molar-refractivity contribution in [2.45, 2.75) is 5.92 Å². The minimum Gasteiger partial charge on any atom is -0.369 e. The first-order chi connectivity index (χ1) is 10.1. The van der Waals surface area contributed by atoms with Crippen molar-refractivity contribution in [1.29, 1.82) is 5.41 Å². The van der Waals surface area contributed by atoms with E-state index < -0.39 is 0 Å². The first-order valence-electron chi connectivity index (χ1n) is 6.66. The third kappa shape index (κ3) is 2.92. The Bertz CT molecular complexity index is 679. The fourth-order valence-electron chi connectivity index (χ4n) is 2.48. The lowest BCUT2D eigenvalue weighted by molar-refractivity contribution is 0.466. The average Bonchev–Trinajstić information content (AvgIpc) is 2.94. The summed E-state index contributed by atoms with van der Waals surface area (Å²) in [5, 5.41) is 13.7. The SMILES string of the molecule is N=C(N)N1CC(c2ccccc2)C(c2ccc(I)cc2)=N1. The Morgan fingerprint density at radius 1 is 1.14 bits per heavy atom. The van der Waals surface area contributed by atoms with E-state index in [1.54, 1.807) is 5.01 Å². The average molecular weight is 390 g/mol. The maximum Gasteiger partial charge on any atom is 0.209 e. The van der Waals surface area contributed by atoms with Crippen molar-refractivity contribution in [2.24, 2.45) is 10.8 Å². The summed E-state index contributed by atoms with van der Waals surface area (Å²) in [6.07, 6.45) is 0. The number of guanidine groups is 1. The van der Waals surface area contributed by atoms with Crippen LogP contribution in [0.15, 0.2) is 59.7 Å². The summed E-state index contributed by atoms with van der Waals surface area (Å²) in [5.41, 5.74) is 8.84. The van der Waals surface area contributed by atoms with Crippen molar-refractivity contribution in [3.05, 3.63) is 69.3 Å². The van der Waals surface area contributed by atoms with Crippen molar-refractivity contribution in [3.8, 4) is 0 Å². The van der Waals surface area contributed by atoms with E-state index in [1.165, 1.54) is 9.13 Å². The largest absolute Gasteiger partial charge is 0.369 e. The van der Waals surface area contributed by atoms with E-state index in [-0.39, 0.29) is 11.9 Å². The molecule has 2 aromatic carbocycles. The molecular formula is C16H15IN4.